The van der Waals surface area contributed by atoms with Crippen molar-refractivity contribution in [2.24, 2.45) is 5.92 Å². The highest BCUT2D eigenvalue weighted by atomic mass is 16.4. The maximum absolute atomic E-state index is 12.8. The molecule has 1 heterocycles. The van der Waals surface area contributed by atoms with E-state index < -0.39 is 5.97 Å². The van der Waals surface area contributed by atoms with Crippen LogP contribution < -0.4 is 4.90 Å². The maximum atomic E-state index is 12.8. The number of nitrogens with zero attached hydrogens (tertiary/aromatic N) is 1. The highest BCUT2D eigenvalue weighted by Gasteiger charge is 2.38. The van der Waals surface area contributed by atoms with Gasteiger partial charge >= 0.3 is 5.97 Å². The van der Waals surface area contributed by atoms with Gasteiger partial charge < -0.3 is 5.11 Å². The molecule has 0 bridgehead atoms. The number of amides is 2. The lowest BCUT2D eigenvalue weighted by Gasteiger charge is -2.15. The van der Waals surface area contributed by atoms with E-state index >= 15 is 0 Å². The lowest BCUT2D eigenvalue weighted by molar-refractivity contribution is -0.131. The van der Waals surface area contributed by atoms with Crippen molar-refractivity contribution >= 4 is 29.5 Å². The molecule has 1 unspecified atom stereocenters. The van der Waals surface area contributed by atoms with Crippen molar-refractivity contribution < 1.29 is 19.5 Å². The van der Waals surface area contributed by atoms with E-state index in [0.29, 0.717) is 11.3 Å². The van der Waals surface area contributed by atoms with Gasteiger partial charge in [0.05, 0.1) is 5.69 Å². The van der Waals surface area contributed by atoms with Gasteiger partial charge in [-0.1, -0.05) is 122 Å². The number of aliphatic carboxylic acids is 1. The van der Waals surface area contributed by atoms with Gasteiger partial charge in [-0.15, -0.1) is 0 Å². The highest BCUT2D eigenvalue weighted by molar-refractivity contribution is 6.20. The molecule has 0 radical (unpaired) electrons. The molecule has 36 heavy (non-hydrogen) atoms. The van der Waals surface area contributed by atoms with Crippen molar-refractivity contribution in [2.45, 2.75) is 122 Å². The molecule has 5 nitrogen and oxygen atoms in total. The second-order valence-corrected chi connectivity index (χ2v) is 10.3. The van der Waals surface area contributed by atoms with Crippen molar-refractivity contribution in [1.82, 2.24) is 0 Å². The third-order valence-corrected chi connectivity index (χ3v) is 7.22. The topological polar surface area (TPSA) is 74.7 Å². The second-order valence-electron chi connectivity index (χ2n) is 10.3. The van der Waals surface area contributed by atoms with E-state index in [1.54, 1.807) is 24.3 Å². The molecule has 2 rings (SSSR count). The molecule has 1 aromatic rings. The van der Waals surface area contributed by atoms with E-state index in [0.717, 1.165) is 25.3 Å². The monoisotopic (exact) mass is 497 g/mol. The molecule has 0 aliphatic carbocycles. The fourth-order valence-corrected chi connectivity index (χ4v) is 5.03. The van der Waals surface area contributed by atoms with Crippen LogP contribution in [0.5, 0.6) is 0 Å². The largest absolute Gasteiger partial charge is 0.478 e. The number of carbonyl (C=O) groups excluding carboxylic acids is 2. The number of carboxylic acids is 1. The lowest BCUT2D eigenvalue weighted by atomic mass is 9.98. The Morgan fingerprint density at radius 3 is 1.75 bits per heavy atom. The van der Waals surface area contributed by atoms with Gasteiger partial charge in [0.2, 0.25) is 11.8 Å². The SMILES string of the molecule is CCCCCCCCCCCCCCCCCCC1CC(=O)N(c2ccc(C=CC(=O)O)cc2)C1=O. The van der Waals surface area contributed by atoms with Crippen LogP contribution in [0.2, 0.25) is 0 Å². The number of unbranched alkanes of at least 4 members (excludes halogenated alkanes) is 15. The number of hydrogen-bond donors (Lipinski definition) is 1. The van der Waals surface area contributed by atoms with Crippen LogP contribution in [0.4, 0.5) is 5.69 Å². The molecular formula is C31H47NO4. The summed E-state index contributed by atoms with van der Waals surface area (Å²) in [4.78, 5) is 37.2. The number of hydrogen-bond acceptors (Lipinski definition) is 3. The first-order valence-corrected chi connectivity index (χ1v) is 14.4. The fourth-order valence-electron chi connectivity index (χ4n) is 5.03. The number of carboxylic acid groups (broad SMARTS) is 1. The summed E-state index contributed by atoms with van der Waals surface area (Å²) in [7, 11) is 0. The summed E-state index contributed by atoms with van der Waals surface area (Å²) in [5, 5.41) is 8.73. The van der Waals surface area contributed by atoms with E-state index in [1.807, 2.05) is 0 Å². The summed E-state index contributed by atoms with van der Waals surface area (Å²) in [6, 6.07) is 6.85. The molecule has 0 saturated carbocycles. The minimum Gasteiger partial charge on any atom is -0.478 e. The number of carbonyl (C=O) groups is 3. The Hall–Kier alpha value is -2.43. The van der Waals surface area contributed by atoms with Crippen molar-refractivity contribution in [1.29, 1.82) is 0 Å². The Morgan fingerprint density at radius 2 is 1.28 bits per heavy atom. The van der Waals surface area contributed by atoms with Crippen LogP contribution in [-0.4, -0.2) is 22.9 Å². The van der Waals surface area contributed by atoms with E-state index in [9.17, 15) is 14.4 Å². The van der Waals surface area contributed by atoms with Crippen molar-refractivity contribution in [3.63, 3.8) is 0 Å². The van der Waals surface area contributed by atoms with E-state index in [-0.39, 0.29) is 24.2 Å². The minimum atomic E-state index is -1.01. The third kappa shape index (κ3) is 11.5. The maximum Gasteiger partial charge on any atom is 0.328 e. The smallest absolute Gasteiger partial charge is 0.328 e. The zero-order valence-electron chi connectivity index (χ0n) is 22.4. The Labute approximate surface area is 218 Å². The average Bonchev–Trinajstić information content (AvgIpc) is 3.15. The standard InChI is InChI=1S/C31H47NO4/c1-2-3-4-5-6-7-8-9-10-11-12-13-14-15-16-17-18-27-25-29(33)32(31(27)36)28-22-19-26(20-23-28)21-24-30(34)35/h19-24,27H,2-18,25H2,1H3,(H,34,35). The van der Waals surface area contributed by atoms with Crippen LogP contribution in [0.3, 0.4) is 0 Å². The molecule has 0 spiro atoms. The predicted octanol–water partition coefficient (Wildman–Crippen LogP) is 8.32. The molecule has 200 valence electrons. The van der Waals surface area contributed by atoms with Crippen molar-refractivity contribution in [3.05, 3.63) is 35.9 Å². The quantitative estimate of drug-likeness (QED) is 0.112. The second kappa shape index (κ2) is 17.9. The third-order valence-electron chi connectivity index (χ3n) is 7.22. The van der Waals surface area contributed by atoms with Gasteiger partial charge in [-0.3, -0.25) is 14.5 Å². The highest BCUT2D eigenvalue weighted by Crippen LogP contribution is 2.30. The van der Waals surface area contributed by atoms with Crippen LogP contribution in [0.1, 0.15) is 128 Å². The molecule has 1 aliphatic heterocycles. The number of anilines is 1. The summed E-state index contributed by atoms with van der Waals surface area (Å²) >= 11 is 0. The van der Waals surface area contributed by atoms with Gasteiger partial charge in [0.25, 0.3) is 0 Å². The Bertz CT molecular complexity index is 814. The zero-order chi connectivity index (χ0) is 26.0. The van der Waals surface area contributed by atoms with Crippen LogP contribution in [0.15, 0.2) is 30.3 Å². The summed E-state index contributed by atoms with van der Waals surface area (Å²) in [5.41, 5.74) is 1.27. The Balaban J connectivity index is 1.51. The van der Waals surface area contributed by atoms with Gasteiger partial charge in [-0.2, -0.15) is 0 Å². The van der Waals surface area contributed by atoms with Crippen LogP contribution >= 0.6 is 0 Å². The Morgan fingerprint density at radius 1 is 0.806 bits per heavy atom. The lowest BCUT2D eigenvalue weighted by Crippen LogP contribution is -2.30. The summed E-state index contributed by atoms with van der Waals surface area (Å²) < 4.78 is 0. The average molecular weight is 498 g/mol. The van der Waals surface area contributed by atoms with E-state index in [2.05, 4.69) is 6.92 Å². The first-order chi connectivity index (χ1) is 17.5. The Kier molecular flexibility index (Phi) is 14.8. The van der Waals surface area contributed by atoms with Crippen LogP contribution in [0, 0.1) is 5.92 Å². The van der Waals surface area contributed by atoms with Crippen LogP contribution in [0.25, 0.3) is 6.08 Å². The zero-order valence-corrected chi connectivity index (χ0v) is 22.4. The van der Waals surface area contributed by atoms with Crippen LogP contribution in [-0.2, 0) is 14.4 Å². The molecular weight excluding hydrogens is 450 g/mol. The molecule has 1 N–H and O–H groups in total. The molecule has 5 heteroatoms. The van der Waals surface area contributed by atoms with Gasteiger partial charge in [-0.25, -0.2) is 4.79 Å². The van der Waals surface area contributed by atoms with E-state index in [4.69, 9.17) is 5.11 Å². The van der Waals surface area contributed by atoms with Gasteiger partial charge in [0, 0.05) is 18.4 Å². The molecule has 0 aromatic heterocycles. The van der Waals surface area contributed by atoms with E-state index in [1.165, 1.54) is 101 Å². The molecule has 1 fully saturated rings. The summed E-state index contributed by atoms with van der Waals surface area (Å²) in [6.07, 6.45) is 24.8. The first kappa shape index (κ1) is 29.8. The summed E-state index contributed by atoms with van der Waals surface area (Å²) in [5.74, 6) is -1.47. The van der Waals surface area contributed by atoms with Gasteiger partial charge in [-0.05, 0) is 30.2 Å². The molecule has 1 saturated heterocycles. The molecule has 2 amide bonds. The number of rotatable bonds is 20. The molecule has 1 atom stereocenters. The summed E-state index contributed by atoms with van der Waals surface area (Å²) in [6.45, 7) is 2.27. The first-order valence-electron chi connectivity index (χ1n) is 14.4. The fraction of sp³-hybridized carbons (Fsp3) is 0.645. The number of imide groups is 1. The number of benzene rings is 1. The van der Waals surface area contributed by atoms with Crippen molar-refractivity contribution in [2.75, 3.05) is 4.90 Å². The molecule has 1 aliphatic rings. The normalized spacial score (nSPS) is 15.9. The predicted molar refractivity (Wildman–Crippen MR) is 148 cm³/mol. The van der Waals surface area contributed by atoms with Gasteiger partial charge in [0.1, 0.15) is 0 Å². The molecule has 1 aromatic carbocycles. The minimum absolute atomic E-state index is 0.102. The van der Waals surface area contributed by atoms with Crippen molar-refractivity contribution in [3.8, 4) is 0 Å². The van der Waals surface area contributed by atoms with Gasteiger partial charge in [0.15, 0.2) is 0 Å².